The number of aromatic nitrogens is 2. The molecule has 0 bridgehead atoms. The van der Waals surface area contributed by atoms with Crippen molar-refractivity contribution in [3.8, 4) is 0 Å². The zero-order valence-corrected chi connectivity index (χ0v) is 10.2. The van der Waals surface area contributed by atoms with Crippen molar-refractivity contribution in [3.05, 3.63) is 32.9 Å². The van der Waals surface area contributed by atoms with Gasteiger partial charge >= 0.3 is 11.7 Å². The van der Waals surface area contributed by atoms with Gasteiger partial charge in [-0.05, 0) is 6.92 Å². The Labute approximate surface area is 110 Å². The van der Waals surface area contributed by atoms with Crippen molar-refractivity contribution >= 4 is 11.9 Å². The first-order valence-corrected chi connectivity index (χ1v) is 5.03. The fourth-order valence-electron chi connectivity index (χ4n) is 1.17. The molecule has 20 heavy (non-hydrogen) atoms. The molecule has 1 amide bonds. The third-order valence-electron chi connectivity index (χ3n) is 2.13. The molecule has 1 rings (SSSR count). The first-order chi connectivity index (χ1) is 8.73. The summed E-state index contributed by atoms with van der Waals surface area (Å²) in [5, 5.41) is 10.8. The van der Waals surface area contributed by atoms with Crippen LogP contribution in [-0.2, 0) is 9.59 Å². The summed E-state index contributed by atoms with van der Waals surface area (Å²) in [6.07, 6.45) is -1.49. The molecular weight excluding hydrogens is 279 g/mol. The summed E-state index contributed by atoms with van der Waals surface area (Å²) < 4.78 is 13.4. The topological polar surface area (TPSA) is 179 Å². The summed E-state index contributed by atoms with van der Waals surface area (Å²) in [5.41, 5.74) is 2.77. The van der Waals surface area contributed by atoms with Crippen LogP contribution in [0.4, 0.5) is 4.39 Å². The van der Waals surface area contributed by atoms with E-state index in [1.165, 1.54) is 6.92 Å². The zero-order chi connectivity index (χ0) is 14.7. The van der Waals surface area contributed by atoms with Gasteiger partial charge in [0.25, 0.3) is 5.56 Å². The Kier molecular flexibility index (Phi) is 5.75. The molecule has 10 nitrogen and oxygen atoms in total. The molecule has 2 atom stereocenters. The molecular formula is C9H13FN4O6. The molecule has 0 saturated heterocycles. The molecule has 0 spiro atoms. The Morgan fingerprint density at radius 3 is 2.50 bits per heavy atom. The molecule has 112 valence electrons. The third-order valence-corrected chi connectivity index (χ3v) is 2.13. The molecule has 1 heterocycles. The van der Waals surface area contributed by atoms with Gasteiger partial charge in [-0.1, -0.05) is 0 Å². The summed E-state index contributed by atoms with van der Waals surface area (Å²) in [6.45, 7) is 1.30. The number of nitrogens with zero attached hydrogens (tertiary/aromatic N) is 1. The fourth-order valence-corrected chi connectivity index (χ4v) is 1.17. The van der Waals surface area contributed by atoms with Crippen LogP contribution >= 0.6 is 0 Å². The van der Waals surface area contributed by atoms with E-state index in [-0.39, 0.29) is 5.48 Å². The van der Waals surface area contributed by atoms with Crippen LogP contribution < -0.4 is 22.3 Å². The van der Waals surface area contributed by atoms with Gasteiger partial charge in [-0.15, -0.1) is 0 Å². The number of carboxylic acid groups (broad SMARTS) is 1. The van der Waals surface area contributed by atoms with Gasteiger partial charge in [-0.3, -0.25) is 19.1 Å². The Balaban J connectivity index is 0.00000361. The van der Waals surface area contributed by atoms with E-state index in [4.69, 9.17) is 10.8 Å². The molecule has 0 saturated carbocycles. The predicted molar refractivity (Wildman–Crippen MR) is 63.4 cm³/mol. The van der Waals surface area contributed by atoms with Crippen molar-refractivity contribution in [2.24, 2.45) is 5.73 Å². The van der Waals surface area contributed by atoms with E-state index in [9.17, 15) is 23.6 Å². The second-order valence-corrected chi connectivity index (χ2v) is 3.68. The number of hydrogen-bond acceptors (Lipinski definition) is 5. The van der Waals surface area contributed by atoms with E-state index in [1.807, 2.05) is 5.32 Å². The summed E-state index contributed by atoms with van der Waals surface area (Å²) in [6, 6.07) is -1.02. The van der Waals surface area contributed by atoms with Crippen LogP contribution in [0.15, 0.2) is 15.8 Å². The van der Waals surface area contributed by atoms with Gasteiger partial charge in [-0.25, -0.2) is 9.59 Å². The standard InChI is InChI=1S/C9H11FN4O5.H2O/c1-3(11)6(15)12-5(8(17)18)14-2-4(10)7(16)13-9(14)19;/h2-3,5H,11H2,1H3,(H,12,15)(H,17,18)(H,13,16,19);1H2. The number of carbonyl (C=O) groups is 2. The molecule has 7 N–H and O–H groups in total. The maximum absolute atomic E-state index is 13.0. The average molecular weight is 292 g/mol. The van der Waals surface area contributed by atoms with Gasteiger partial charge in [0.05, 0.1) is 12.2 Å². The largest absolute Gasteiger partial charge is 0.478 e. The van der Waals surface area contributed by atoms with Crippen LogP contribution in [0.5, 0.6) is 0 Å². The van der Waals surface area contributed by atoms with Crippen LogP contribution in [0.1, 0.15) is 13.1 Å². The van der Waals surface area contributed by atoms with E-state index in [0.717, 1.165) is 0 Å². The van der Waals surface area contributed by atoms with Crippen molar-refractivity contribution in [1.82, 2.24) is 14.9 Å². The van der Waals surface area contributed by atoms with Crippen LogP contribution in [0.25, 0.3) is 0 Å². The van der Waals surface area contributed by atoms with Gasteiger partial charge < -0.3 is 21.6 Å². The lowest BCUT2D eigenvalue weighted by Gasteiger charge is -2.17. The summed E-state index contributed by atoms with van der Waals surface area (Å²) in [4.78, 5) is 46.1. The van der Waals surface area contributed by atoms with E-state index < -0.39 is 41.2 Å². The highest BCUT2D eigenvalue weighted by molar-refractivity contribution is 5.85. The summed E-state index contributed by atoms with van der Waals surface area (Å²) >= 11 is 0. The number of halogens is 1. The van der Waals surface area contributed by atoms with Gasteiger partial charge in [-0.2, -0.15) is 4.39 Å². The lowest BCUT2D eigenvalue weighted by molar-refractivity contribution is -0.144. The van der Waals surface area contributed by atoms with Crippen LogP contribution in [0, 0.1) is 5.82 Å². The average Bonchev–Trinajstić information content (AvgIpc) is 2.30. The van der Waals surface area contributed by atoms with Crippen molar-refractivity contribution in [1.29, 1.82) is 0 Å². The number of carboxylic acids is 1. The van der Waals surface area contributed by atoms with Gasteiger partial charge in [0.1, 0.15) is 0 Å². The number of nitrogens with two attached hydrogens (primary N) is 1. The Bertz CT molecular complexity index is 622. The fraction of sp³-hybridized carbons (Fsp3) is 0.333. The second-order valence-electron chi connectivity index (χ2n) is 3.68. The number of H-pyrrole nitrogens is 1. The first-order valence-electron chi connectivity index (χ1n) is 5.03. The number of carbonyl (C=O) groups excluding carboxylic acids is 1. The SMILES string of the molecule is CC(N)C(=O)NC(C(=O)O)n1cc(F)c(=O)[nH]c1=O.O. The number of aliphatic carboxylic acids is 1. The van der Waals surface area contributed by atoms with E-state index >= 15 is 0 Å². The minimum absolute atomic E-state index is 0. The molecule has 1 aromatic heterocycles. The highest BCUT2D eigenvalue weighted by atomic mass is 19.1. The smallest absolute Gasteiger partial charge is 0.347 e. The predicted octanol–water partition coefficient (Wildman–Crippen LogP) is -3.10. The third kappa shape index (κ3) is 3.73. The number of aromatic amines is 1. The van der Waals surface area contributed by atoms with Crippen molar-refractivity contribution < 1.29 is 24.6 Å². The highest BCUT2D eigenvalue weighted by Crippen LogP contribution is 2.00. The number of rotatable bonds is 4. The molecule has 0 radical (unpaired) electrons. The normalized spacial score (nSPS) is 12.9. The van der Waals surface area contributed by atoms with Gasteiger partial charge in [0, 0.05) is 0 Å². The summed E-state index contributed by atoms with van der Waals surface area (Å²) in [7, 11) is 0. The van der Waals surface area contributed by atoms with E-state index in [0.29, 0.717) is 10.8 Å². The number of amides is 1. The Morgan fingerprint density at radius 2 is 2.05 bits per heavy atom. The summed E-state index contributed by atoms with van der Waals surface area (Å²) in [5.74, 6) is -3.84. The zero-order valence-electron chi connectivity index (χ0n) is 10.2. The molecule has 1 aromatic rings. The van der Waals surface area contributed by atoms with Crippen molar-refractivity contribution in [2.75, 3.05) is 0 Å². The number of nitrogens with one attached hydrogen (secondary N) is 2. The number of hydrogen-bond donors (Lipinski definition) is 4. The van der Waals surface area contributed by atoms with Gasteiger partial charge in [0.2, 0.25) is 17.9 Å². The van der Waals surface area contributed by atoms with Gasteiger partial charge in [0.15, 0.2) is 0 Å². The lowest BCUT2D eigenvalue weighted by atomic mass is 10.3. The van der Waals surface area contributed by atoms with E-state index in [2.05, 4.69) is 0 Å². The van der Waals surface area contributed by atoms with E-state index in [1.54, 1.807) is 4.98 Å². The second kappa shape index (κ2) is 6.58. The molecule has 0 aromatic carbocycles. The minimum atomic E-state index is -1.88. The molecule has 11 heteroatoms. The minimum Gasteiger partial charge on any atom is -0.478 e. The Hall–Kier alpha value is -2.53. The molecule has 0 fully saturated rings. The molecule has 2 unspecified atom stereocenters. The molecule has 0 aliphatic rings. The lowest BCUT2D eigenvalue weighted by Crippen LogP contribution is -2.48. The van der Waals surface area contributed by atoms with Crippen LogP contribution in [-0.4, -0.2) is 38.1 Å². The monoisotopic (exact) mass is 292 g/mol. The maximum Gasteiger partial charge on any atom is 0.347 e. The molecule has 0 aliphatic carbocycles. The molecule has 0 aliphatic heterocycles. The highest BCUT2D eigenvalue weighted by Gasteiger charge is 2.25. The first kappa shape index (κ1) is 17.5. The Morgan fingerprint density at radius 1 is 1.50 bits per heavy atom. The van der Waals surface area contributed by atoms with Crippen LogP contribution in [0.3, 0.4) is 0 Å². The van der Waals surface area contributed by atoms with Crippen molar-refractivity contribution in [3.63, 3.8) is 0 Å². The van der Waals surface area contributed by atoms with Crippen molar-refractivity contribution in [2.45, 2.75) is 19.1 Å². The van der Waals surface area contributed by atoms with Crippen LogP contribution in [0.2, 0.25) is 0 Å². The maximum atomic E-state index is 13.0. The quantitative estimate of drug-likeness (QED) is 0.456.